The van der Waals surface area contributed by atoms with E-state index in [1.165, 1.54) is 6.07 Å². The highest BCUT2D eigenvalue weighted by Crippen LogP contribution is 2.22. The minimum absolute atomic E-state index is 0.111. The topological polar surface area (TPSA) is 54.5 Å². The predicted molar refractivity (Wildman–Crippen MR) is 81.6 cm³/mol. The Balaban J connectivity index is 2.00. The van der Waals surface area contributed by atoms with Crippen molar-refractivity contribution in [1.29, 1.82) is 0 Å². The first-order chi connectivity index (χ1) is 10.5. The molecule has 1 aliphatic heterocycles. The van der Waals surface area contributed by atoms with Crippen molar-refractivity contribution >= 4 is 17.6 Å². The van der Waals surface area contributed by atoms with Gasteiger partial charge in [0, 0.05) is 5.56 Å². The molecule has 0 saturated heterocycles. The molecule has 2 aromatic rings. The summed E-state index contributed by atoms with van der Waals surface area (Å²) in [6, 6.07) is 12.3. The fraction of sp³-hybridized carbons (Fsp3) is 0.167. The molecule has 2 aromatic carbocycles. The SMILES string of the molecule is Cc1cc(C)cc(CN2C(=O)C(=O)c3ccccc3C2=O)c1. The summed E-state index contributed by atoms with van der Waals surface area (Å²) < 4.78 is 0. The van der Waals surface area contributed by atoms with Crippen LogP contribution in [0.15, 0.2) is 42.5 Å². The maximum absolute atomic E-state index is 12.5. The van der Waals surface area contributed by atoms with Crippen LogP contribution in [0, 0.1) is 13.8 Å². The molecule has 0 saturated carbocycles. The van der Waals surface area contributed by atoms with Gasteiger partial charge >= 0.3 is 5.91 Å². The summed E-state index contributed by atoms with van der Waals surface area (Å²) in [7, 11) is 0. The van der Waals surface area contributed by atoms with Gasteiger partial charge in [0.1, 0.15) is 0 Å². The van der Waals surface area contributed by atoms with Crippen LogP contribution in [0.4, 0.5) is 0 Å². The normalized spacial score (nSPS) is 14.3. The van der Waals surface area contributed by atoms with Crippen LogP contribution in [0.3, 0.4) is 0 Å². The largest absolute Gasteiger partial charge is 0.302 e. The molecule has 4 nitrogen and oxygen atoms in total. The number of fused-ring (bicyclic) bond motifs is 1. The van der Waals surface area contributed by atoms with Gasteiger partial charge in [0.2, 0.25) is 0 Å². The van der Waals surface area contributed by atoms with Crippen LogP contribution in [-0.2, 0) is 11.3 Å². The highest BCUT2D eigenvalue weighted by atomic mass is 16.2. The fourth-order valence-electron chi connectivity index (χ4n) is 2.83. The number of carbonyl (C=O) groups excluding carboxylic acids is 3. The lowest BCUT2D eigenvalue weighted by molar-refractivity contribution is -0.124. The first-order valence-corrected chi connectivity index (χ1v) is 7.04. The van der Waals surface area contributed by atoms with Gasteiger partial charge in [-0.15, -0.1) is 0 Å². The molecule has 0 atom stereocenters. The maximum atomic E-state index is 12.5. The number of hydrogen-bond donors (Lipinski definition) is 0. The zero-order chi connectivity index (χ0) is 15.9. The third kappa shape index (κ3) is 2.33. The molecule has 1 heterocycles. The first kappa shape index (κ1) is 14.2. The quantitative estimate of drug-likeness (QED) is 0.632. The third-order valence-electron chi connectivity index (χ3n) is 3.71. The highest BCUT2D eigenvalue weighted by Gasteiger charge is 2.37. The molecule has 0 unspecified atom stereocenters. The molecular weight excluding hydrogens is 278 g/mol. The van der Waals surface area contributed by atoms with Crippen molar-refractivity contribution in [2.24, 2.45) is 0 Å². The molecule has 4 heteroatoms. The van der Waals surface area contributed by atoms with Gasteiger partial charge in [0.15, 0.2) is 0 Å². The number of hydrogen-bond acceptors (Lipinski definition) is 3. The molecular formula is C18H15NO3. The lowest BCUT2D eigenvalue weighted by atomic mass is 9.96. The molecule has 0 radical (unpaired) electrons. The van der Waals surface area contributed by atoms with E-state index in [1.54, 1.807) is 18.2 Å². The molecule has 0 N–H and O–H groups in total. The van der Waals surface area contributed by atoms with Crippen molar-refractivity contribution in [2.45, 2.75) is 20.4 Å². The van der Waals surface area contributed by atoms with Crippen LogP contribution >= 0.6 is 0 Å². The molecule has 0 bridgehead atoms. The van der Waals surface area contributed by atoms with E-state index < -0.39 is 17.6 Å². The number of ketones is 1. The van der Waals surface area contributed by atoms with E-state index in [4.69, 9.17) is 0 Å². The third-order valence-corrected chi connectivity index (χ3v) is 3.71. The van der Waals surface area contributed by atoms with Gasteiger partial charge in [-0.1, -0.05) is 47.5 Å². The molecule has 0 spiro atoms. The summed E-state index contributed by atoms with van der Waals surface area (Å²) in [5, 5.41) is 0. The molecule has 1 aliphatic rings. The summed E-state index contributed by atoms with van der Waals surface area (Å²) in [5.74, 6) is -1.80. The Kier molecular flexibility index (Phi) is 3.37. The molecule has 2 amide bonds. The summed E-state index contributed by atoms with van der Waals surface area (Å²) in [5.41, 5.74) is 3.43. The number of aryl methyl sites for hydroxylation is 2. The number of benzene rings is 2. The van der Waals surface area contributed by atoms with E-state index in [9.17, 15) is 14.4 Å². The smallest absolute Gasteiger partial charge is 0.283 e. The monoisotopic (exact) mass is 293 g/mol. The van der Waals surface area contributed by atoms with E-state index in [0.717, 1.165) is 21.6 Å². The predicted octanol–water partition coefficient (Wildman–Crippen LogP) is 2.67. The number of imide groups is 1. The van der Waals surface area contributed by atoms with Crippen molar-refractivity contribution in [3.63, 3.8) is 0 Å². The number of Topliss-reactive ketones (excluding diaryl/α,β-unsaturated/α-hetero) is 1. The lowest BCUT2D eigenvalue weighted by Crippen LogP contribution is -2.45. The Morgan fingerprint density at radius 3 is 2.05 bits per heavy atom. The number of amides is 2. The van der Waals surface area contributed by atoms with Gasteiger partial charge < -0.3 is 0 Å². The van der Waals surface area contributed by atoms with E-state index in [2.05, 4.69) is 0 Å². The summed E-state index contributed by atoms with van der Waals surface area (Å²) in [6.07, 6.45) is 0. The minimum atomic E-state index is -0.761. The van der Waals surface area contributed by atoms with E-state index in [-0.39, 0.29) is 17.7 Å². The standard InChI is InChI=1S/C18H15NO3/c1-11-7-12(2)9-13(8-11)10-19-17(21)15-6-4-3-5-14(15)16(20)18(19)22/h3-9H,10H2,1-2H3. The van der Waals surface area contributed by atoms with Gasteiger partial charge in [0.25, 0.3) is 11.7 Å². The second-order valence-corrected chi connectivity index (χ2v) is 5.57. The van der Waals surface area contributed by atoms with E-state index in [0.29, 0.717) is 0 Å². The molecule has 3 rings (SSSR count). The molecule has 0 fully saturated rings. The van der Waals surface area contributed by atoms with Crippen LogP contribution in [-0.4, -0.2) is 22.5 Å². The van der Waals surface area contributed by atoms with Crippen molar-refractivity contribution in [3.8, 4) is 0 Å². The van der Waals surface area contributed by atoms with Crippen molar-refractivity contribution in [2.75, 3.05) is 0 Å². The van der Waals surface area contributed by atoms with Crippen LogP contribution in [0.5, 0.6) is 0 Å². The Hall–Kier alpha value is -2.75. The molecule has 0 aromatic heterocycles. The number of carbonyl (C=O) groups is 3. The van der Waals surface area contributed by atoms with Crippen molar-refractivity contribution in [3.05, 3.63) is 70.3 Å². The Morgan fingerprint density at radius 1 is 0.818 bits per heavy atom. The molecule has 110 valence electrons. The van der Waals surface area contributed by atoms with Gasteiger partial charge in [-0.2, -0.15) is 0 Å². The van der Waals surface area contributed by atoms with Crippen molar-refractivity contribution in [1.82, 2.24) is 4.90 Å². The second-order valence-electron chi connectivity index (χ2n) is 5.57. The Morgan fingerprint density at radius 2 is 1.41 bits per heavy atom. The maximum Gasteiger partial charge on any atom is 0.302 e. The van der Waals surface area contributed by atoms with Gasteiger partial charge in [-0.3, -0.25) is 19.3 Å². The average Bonchev–Trinajstić information content (AvgIpc) is 2.48. The number of nitrogens with zero attached hydrogens (tertiary/aromatic N) is 1. The van der Waals surface area contributed by atoms with Crippen LogP contribution in [0.25, 0.3) is 0 Å². The minimum Gasteiger partial charge on any atom is -0.283 e. The molecule has 0 aliphatic carbocycles. The zero-order valence-electron chi connectivity index (χ0n) is 12.4. The van der Waals surface area contributed by atoms with Gasteiger partial charge in [-0.25, -0.2) is 0 Å². The molecule has 22 heavy (non-hydrogen) atoms. The van der Waals surface area contributed by atoms with Crippen LogP contribution in [0.2, 0.25) is 0 Å². The fourth-order valence-corrected chi connectivity index (χ4v) is 2.83. The number of rotatable bonds is 2. The Labute approximate surface area is 128 Å². The van der Waals surface area contributed by atoms with E-state index >= 15 is 0 Å². The Bertz CT molecular complexity index is 787. The summed E-state index contributed by atoms with van der Waals surface area (Å²) in [6.45, 7) is 4.02. The van der Waals surface area contributed by atoms with Gasteiger partial charge in [-0.05, 0) is 25.5 Å². The first-order valence-electron chi connectivity index (χ1n) is 7.04. The second kappa shape index (κ2) is 5.22. The van der Waals surface area contributed by atoms with Crippen LogP contribution in [0.1, 0.15) is 37.4 Å². The average molecular weight is 293 g/mol. The summed E-state index contributed by atoms with van der Waals surface area (Å²) in [4.78, 5) is 37.9. The summed E-state index contributed by atoms with van der Waals surface area (Å²) >= 11 is 0. The van der Waals surface area contributed by atoms with Crippen LogP contribution < -0.4 is 0 Å². The van der Waals surface area contributed by atoms with E-state index in [1.807, 2.05) is 32.0 Å². The highest BCUT2D eigenvalue weighted by molar-refractivity contribution is 6.49. The lowest BCUT2D eigenvalue weighted by Gasteiger charge is -2.25. The van der Waals surface area contributed by atoms with Gasteiger partial charge in [0.05, 0.1) is 12.1 Å². The van der Waals surface area contributed by atoms with Crippen molar-refractivity contribution < 1.29 is 14.4 Å². The zero-order valence-corrected chi connectivity index (χ0v) is 12.4.